The summed E-state index contributed by atoms with van der Waals surface area (Å²) in [5.74, 6) is 1.46. The molecule has 3 N–H and O–H groups in total. The van der Waals surface area contributed by atoms with Crippen molar-refractivity contribution in [2.24, 2.45) is 5.92 Å². The molecule has 0 spiro atoms. The second-order valence-corrected chi connectivity index (χ2v) is 11.2. The van der Waals surface area contributed by atoms with Crippen LogP contribution in [-0.2, 0) is 20.8 Å². The van der Waals surface area contributed by atoms with Gasteiger partial charge in [0, 0.05) is 12.2 Å². The third kappa shape index (κ3) is 6.02. The van der Waals surface area contributed by atoms with Gasteiger partial charge in [-0.15, -0.1) is 0 Å². The first-order valence-electron chi connectivity index (χ1n) is 14.4. The Labute approximate surface area is 235 Å². The number of anilines is 1. The number of nitrogens with zero attached hydrogens (tertiary/aromatic N) is 1. The van der Waals surface area contributed by atoms with Crippen LogP contribution in [0.1, 0.15) is 35.6 Å². The summed E-state index contributed by atoms with van der Waals surface area (Å²) in [6.07, 6.45) is 2.26. The Bertz CT molecular complexity index is 1280. The molecule has 6 unspecified atom stereocenters. The largest absolute Gasteiger partial charge is 0.491 e. The van der Waals surface area contributed by atoms with E-state index in [-0.39, 0.29) is 43.6 Å². The number of hydrogen-bond donors (Lipinski definition) is 3. The second-order valence-electron chi connectivity index (χ2n) is 11.2. The van der Waals surface area contributed by atoms with Crippen LogP contribution in [0.4, 0.5) is 5.69 Å². The summed E-state index contributed by atoms with van der Waals surface area (Å²) in [6.45, 7) is 3.90. The summed E-state index contributed by atoms with van der Waals surface area (Å²) >= 11 is 0. The van der Waals surface area contributed by atoms with E-state index in [1.807, 2.05) is 42.5 Å². The number of aliphatic hydroxyl groups is 1. The zero-order valence-corrected chi connectivity index (χ0v) is 22.5. The highest BCUT2D eigenvalue weighted by atomic mass is 16.8. The fourth-order valence-electron chi connectivity index (χ4n) is 6.03. The molecule has 5 heterocycles. The summed E-state index contributed by atoms with van der Waals surface area (Å²) in [5, 5.41) is 16.4. The highest BCUT2D eigenvalue weighted by molar-refractivity contribution is 5.47. The van der Waals surface area contributed by atoms with Crippen molar-refractivity contribution in [3.8, 4) is 5.75 Å². The average molecular weight is 544 g/mol. The number of piperidine rings is 3. The van der Waals surface area contributed by atoms with E-state index in [0.29, 0.717) is 12.5 Å². The average Bonchev–Trinajstić information content (AvgIpc) is 3.93. The highest BCUT2D eigenvalue weighted by Gasteiger charge is 2.46. The number of benzene rings is 3. The number of nitrogens with one attached hydrogen (secondary N) is 2. The van der Waals surface area contributed by atoms with Crippen LogP contribution in [0.5, 0.6) is 5.75 Å². The van der Waals surface area contributed by atoms with E-state index in [1.165, 1.54) is 25.9 Å². The molecule has 2 bridgehead atoms. The van der Waals surface area contributed by atoms with Crippen molar-refractivity contribution in [2.45, 2.75) is 56.4 Å². The van der Waals surface area contributed by atoms with E-state index >= 15 is 0 Å². The minimum absolute atomic E-state index is 0.0169. The number of rotatable bonds is 12. The van der Waals surface area contributed by atoms with Crippen molar-refractivity contribution in [3.63, 3.8) is 0 Å². The van der Waals surface area contributed by atoms with Crippen LogP contribution < -0.4 is 15.4 Å². The zero-order valence-electron chi connectivity index (χ0n) is 22.5. The summed E-state index contributed by atoms with van der Waals surface area (Å²) in [4.78, 5) is 2.51. The molecule has 5 aliphatic heterocycles. The molecule has 0 saturated carbocycles. The molecule has 3 aromatic rings. The first-order chi connectivity index (χ1) is 19.7. The molecule has 3 aromatic carbocycles. The molecule has 5 saturated heterocycles. The SMILES string of the molecule is OCc1cccc(NC2OC2COc2cccc(C(NC3OC3OC3CN4CCC3CC4)c3ccccc3)c2)c1. The van der Waals surface area contributed by atoms with Crippen molar-refractivity contribution >= 4 is 5.69 Å². The molecule has 0 amide bonds. The Morgan fingerprint density at radius 1 is 0.900 bits per heavy atom. The van der Waals surface area contributed by atoms with Crippen LogP contribution in [-0.4, -0.2) is 67.2 Å². The summed E-state index contributed by atoms with van der Waals surface area (Å²) in [7, 11) is 0. The van der Waals surface area contributed by atoms with Gasteiger partial charge in [-0.1, -0.05) is 54.6 Å². The maximum atomic E-state index is 9.36. The molecule has 0 aromatic heterocycles. The lowest BCUT2D eigenvalue weighted by atomic mass is 9.86. The van der Waals surface area contributed by atoms with Gasteiger partial charge in [-0.05, 0) is 72.8 Å². The van der Waals surface area contributed by atoms with Crippen molar-refractivity contribution in [1.82, 2.24) is 10.2 Å². The van der Waals surface area contributed by atoms with E-state index in [2.05, 4.69) is 51.9 Å². The maximum absolute atomic E-state index is 9.36. The fraction of sp³-hybridized carbons (Fsp3) is 0.438. The van der Waals surface area contributed by atoms with Crippen molar-refractivity contribution in [2.75, 3.05) is 31.6 Å². The minimum atomic E-state index is -0.203. The molecule has 6 atom stereocenters. The highest BCUT2D eigenvalue weighted by Crippen LogP contribution is 2.36. The zero-order chi connectivity index (χ0) is 26.9. The van der Waals surface area contributed by atoms with E-state index in [1.54, 1.807) is 0 Å². The Balaban J connectivity index is 0.966. The fourth-order valence-corrected chi connectivity index (χ4v) is 6.03. The van der Waals surface area contributed by atoms with Crippen molar-refractivity contribution < 1.29 is 24.1 Å². The smallest absolute Gasteiger partial charge is 0.199 e. The third-order valence-electron chi connectivity index (χ3n) is 8.43. The molecule has 210 valence electrons. The van der Waals surface area contributed by atoms with Gasteiger partial charge in [0.2, 0.25) is 0 Å². The van der Waals surface area contributed by atoms with Gasteiger partial charge >= 0.3 is 0 Å². The Hall–Kier alpha value is -2.98. The van der Waals surface area contributed by atoms with Crippen LogP contribution in [0.25, 0.3) is 0 Å². The Morgan fingerprint density at radius 3 is 2.52 bits per heavy atom. The lowest BCUT2D eigenvalue weighted by molar-refractivity contribution is -0.100. The number of fused-ring (bicyclic) bond motifs is 3. The van der Waals surface area contributed by atoms with E-state index < -0.39 is 0 Å². The van der Waals surface area contributed by atoms with Gasteiger partial charge in [0.25, 0.3) is 0 Å². The topological polar surface area (TPSA) is 91.0 Å². The monoisotopic (exact) mass is 543 g/mol. The van der Waals surface area contributed by atoms with Crippen molar-refractivity contribution in [1.29, 1.82) is 0 Å². The van der Waals surface area contributed by atoms with Gasteiger partial charge in [0.1, 0.15) is 18.5 Å². The number of ether oxygens (including phenoxy) is 4. The predicted molar refractivity (Wildman–Crippen MR) is 151 cm³/mol. The van der Waals surface area contributed by atoms with E-state index in [9.17, 15) is 5.11 Å². The Kier molecular flexibility index (Phi) is 7.45. The van der Waals surface area contributed by atoms with Crippen LogP contribution >= 0.6 is 0 Å². The van der Waals surface area contributed by atoms with E-state index in [0.717, 1.165) is 34.7 Å². The molecule has 5 fully saturated rings. The van der Waals surface area contributed by atoms with Gasteiger partial charge in [-0.25, -0.2) is 0 Å². The molecule has 0 radical (unpaired) electrons. The maximum Gasteiger partial charge on any atom is 0.199 e. The normalized spacial score (nSPS) is 31.0. The first-order valence-corrected chi connectivity index (χ1v) is 14.4. The lowest BCUT2D eigenvalue weighted by Crippen LogP contribution is -2.51. The number of hydrogen-bond acceptors (Lipinski definition) is 8. The van der Waals surface area contributed by atoms with Crippen LogP contribution in [0, 0.1) is 5.92 Å². The minimum Gasteiger partial charge on any atom is -0.491 e. The molecule has 0 aliphatic carbocycles. The van der Waals surface area contributed by atoms with Crippen LogP contribution in [0.15, 0.2) is 78.9 Å². The molecule has 8 heteroatoms. The predicted octanol–water partition coefficient (Wildman–Crippen LogP) is 3.87. The second kappa shape index (κ2) is 11.5. The summed E-state index contributed by atoms with van der Waals surface area (Å²) in [5.41, 5.74) is 4.06. The van der Waals surface area contributed by atoms with Gasteiger partial charge < -0.3 is 34.3 Å². The molecular weight excluding hydrogens is 506 g/mol. The van der Waals surface area contributed by atoms with E-state index in [4.69, 9.17) is 18.9 Å². The van der Waals surface area contributed by atoms with Gasteiger partial charge in [-0.2, -0.15) is 0 Å². The number of epoxide rings is 2. The first kappa shape index (κ1) is 26.0. The number of aliphatic hydroxyl groups excluding tert-OH is 1. The molecular formula is C32H37N3O5. The van der Waals surface area contributed by atoms with Gasteiger partial charge in [-0.3, -0.25) is 5.32 Å². The summed E-state index contributed by atoms with van der Waals surface area (Å²) < 4.78 is 24.3. The quantitative estimate of drug-likeness (QED) is 0.297. The van der Waals surface area contributed by atoms with Crippen molar-refractivity contribution in [3.05, 3.63) is 95.6 Å². The lowest BCUT2D eigenvalue weighted by Gasteiger charge is -2.44. The van der Waals surface area contributed by atoms with Crippen LogP contribution in [0.2, 0.25) is 0 Å². The molecule has 8 nitrogen and oxygen atoms in total. The molecule has 8 rings (SSSR count). The van der Waals surface area contributed by atoms with Crippen LogP contribution in [0.3, 0.4) is 0 Å². The Morgan fingerprint density at radius 2 is 1.73 bits per heavy atom. The van der Waals surface area contributed by atoms with Gasteiger partial charge in [0.15, 0.2) is 18.7 Å². The third-order valence-corrected chi connectivity index (χ3v) is 8.43. The standard InChI is InChI=1S/C32H37N3O5/c36-19-21-6-4-10-25(16-21)33-30-28(38-30)20-37-26-11-5-9-24(17-26)29(23-7-2-1-3-8-23)34-31-32(40-31)39-27-18-35-14-12-22(27)13-15-35/h1-11,16-17,22,27-34,36H,12-15,18-20H2. The summed E-state index contributed by atoms with van der Waals surface area (Å²) in [6, 6.07) is 26.3. The molecule has 5 aliphatic rings. The van der Waals surface area contributed by atoms with Gasteiger partial charge in [0.05, 0.1) is 18.8 Å². The molecule has 40 heavy (non-hydrogen) atoms.